The average Bonchev–Trinajstić information content (AvgIpc) is 2.81. The number of nitriles is 1. The highest BCUT2D eigenvalue weighted by molar-refractivity contribution is 5.66. The van der Waals surface area contributed by atoms with Gasteiger partial charge in [-0.05, 0) is 18.2 Å². The monoisotopic (exact) mass is 242 g/mol. The maximum absolute atomic E-state index is 9.07. The van der Waals surface area contributed by atoms with Crippen LogP contribution in [-0.2, 0) is 13.6 Å². The largest absolute Gasteiger partial charge is 0.495 e. The van der Waals surface area contributed by atoms with Crippen LogP contribution >= 0.6 is 0 Å². The van der Waals surface area contributed by atoms with Gasteiger partial charge in [-0.3, -0.25) is 4.68 Å². The fraction of sp³-hybridized carbons (Fsp3) is 0.231. The molecule has 0 atom stereocenters. The maximum Gasteiger partial charge on any atom is 0.143 e. The summed E-state index contributed by atoms with van der Waals surface area (Å²) < 4.78 is 6.98. The number of hydrogen-bond acceptors (Lipinski definition) is 4. The predicted molar refractivity (Wildman–Crippen MR) is 68.2 cm³/mol. The minimum Gasteiger partial charge on any atom is -0.495 e. The molecule has 5 nitrogen and oxygen atoms in total. The highest BCUT2D eigenvalue weighted by Crippen LogP contribution is 2.28. The van der Waals surface area contributed by atoms with Crippen molar-refractivity contribution >= 4 is 5.69 Å². The van der Waals surface area contributed by atoms with Gasteiger partial charge in [0.15, 0.2) is 0 Å². The van der Waals surface area contributed by atoms with Crippen molar-refractivity contribution in [1.29, 1.82) is 5.26 Å². The Morgan fingerprint density at radius 1 is 1.44 bits per heavy atom. The topological polar surface area (TPSA) is 62.9 Å². The number of aryl methyl sites for hydroxylation is 1. The molecule has 0 fully saturated rings. The Morgan fingerprint density at radius 2 is 2.28 bits per heavy atom. The minimum atomic E-state index is 0.551. The fourth-order valence-corrected chi connectivity index (χ4v) is 1.71. The summed E-state index contributed by atoms with van der Waals surface area (Å²) in [5, 5.41) is 16.5. The number of benzene rings is 1. The van der Waals surface area contributed by atoms with Gasteiger partial charge in [-0.15, -0.1) is 0 Å². The van der Waals surface area contributed by atoms with Gasteiger partial charge in [-0.2, -0.15) is 10.4 Å². The quantitative estimate of drug-likeness (QED) is 0.889. The Kier molecular flexibility index (Phi) is 3.49. The highest BCUT2D eigenvalue weighted by Gasteiger charge is 2.08. The van der Waals surface area contributed by atoms with Gasteiger partial charge < -0.3 is 10.1 Å². The third-order valence-electron chi connectivity index (χ3n) is 2.58. The molecular weight excluding hydrogens is 228 g/mol. The number of para-hydroxylation sites is 1. The van der Waals surface area contributed by atoms with Gasteiger partial charge in [-0.1, -0.05) is 6.07 Å². The summed E-state index contributed by atoms with van der Waals surface area (Å²) in [6, 6.07) is 9.44. The molecule has 1 aromatic heterocycles. The first-order chi connectivity index (χ1) is 8.74. The van der Waals surface area contributed by atoms with Gasteiger partial charge in [0, 0.05) is 13.2 Å². The summed E-state index contributed by atoms with van der Waals surface area (Å²) in [4.78, 5) is 0. The Morgan fingerprint density at radius 3 is 2.89 bits per heavy atom. The number of aromatic nitrogens is 2. The van der Waals surface area contributed by atoms with Crippen molar-refractivity contribution in [2.45, 2.75) is 6.54 Å². The predicted octanol–water partition coefficient (Wildman–Crippen LogP) is 1.91. The molecule has 5 heteroatoms. The lowest BCUT2D eigenvalue weighted by molar-refractivity contribution is 0.416. The molecule has 0 aliphatic rings. The molecule has 1 N–H and O–H groups in total. The number of rotatable bonds is 4. The van der Waals surface area contributed by atoms with Crippen molar-refractivity contribution < 1.29 is 4.74 Å². The number of methoxy groups -OCH3 is 1. The van der Waals surface area contributed by atoms with Crippen LogP contribution in [0.4, 0.5) is 5.69 Å². The van der Waals surface area contributed by atoms with E-state index in [0.717, 1.165) is 5.69 Å². The summed E-state index contributed by atoms with van der Waals surface area (Å²) in [7, 11) is 3.45. The van der Waals surface area contributed by atoms with E-state index in [2.05, 4.69) is 16.5 Å². The SMILES string of the molecule is COc1cccc(C#N)c1NCc1ccn(C)n1. The molecule has 0 saturated heterocycles. The number of hydrogen-bond donors (Lipinski definition) is 1. The highest BCUT2D eigenvalue weighted by atomic mass is 16.5. The van der Waals surface area contributed by atoms with Crippen molar-refractivity contribution in [3.63, 3.8) is 0 Å². The van der Waals surface area contributed by atoms with Gasteiger partial charge in [0.2, 0.25) is 0 Å². The summed E-state index contributed by atoms with van der Waals surface area (Å²) >= 11 is 0. The number of nitrogens with zero attached hydrogens (tertiary/aromatic N) is 3. The van der Waals surface area contributed by atoms with Crippen molar-refractivity contribution in [3.05, 3.63) is 41.7 Å². The molecule has 2 rings (SSSR count). The van der Waals surface area contributed by atoms with Crippen molar-refractivity contribution in [3.8, 4) is 11.8 Å². The first-order valence-corrected chi connectivity index (χ1v) is 5.54. The first kappa shape index (κ1) is 12.0. The fourth-order valence-electron chi connectivity index (χ4n) is 1.71. The standard InChI is InChI=1S/C13H14N4O/c1-17-7-6-11(16-17)9-15-13-10(8-14)4-3-5-12(13)18-2/h3-7,15H,9H2,1-2H3. The minimum absolute atomic E-state index is 0.551. The third kappa shape index (κ3) is 2.43. The smallest absolute Gasteiger partial charge is 0.143 e. The molecule has 18 heavy (non-hydrogen) atoms. The molecule has 1 aromatic carbocycles. The lowest BCUT2D eigenvalue weighted by Crippen LogP contribution is -2.04. The molecule has 0 unspecified atom stereocenters. The third-order valence-corrected chi connectivity index (χ3v) is 2.58. The Labute approximate surface area is 106 Å². The Bertz CT molecular complexity index is 583. The molecule has 1 heterocycles. The molecule has 0 amide bonds. The van der Waals surface area contributed by atoms with Gasteiger partial charge in [-0.25, -0.2) is 0 Å². The van der Waals surface area contributed by atoms with E-state index in [9.17, 15) is 0 Å². The zero-order valence-corrected chi connectivity index (χ0v) is 10.3. The van der Waals surface area contributed by atoms with E-state index < -0.39 is 0 Å². The van der Waals surface area contributed by atoms with Crippen LogP contribution < -0.4 is 10.1 Å². The summed E-state index contributed by atoms with van der Waals surface area (Å²) in [5.41, 5.74) is 2.17. The zero-order chi connectivity index (χ0) is 13.0. The second kappa shape index (κ2) is 5.23. The van der Waals surface area contributed by atoms with Gasteiger partial charge in [0.25, 0.3) is 0 Å². The summed E-state index contributed by atoms with van der Waals surface area (Å²) in [6.45, 7) is 0.551. The van der Waals surface area contributed by atoms with E-state index in [1.807, 2.05) is 25.4 Å². The van der Waals surface area contributed by atoms with Crippen LogP contribution in [0.1, 0.15) is 11.3 Å². The molecular formula is C13H14N4O. The van der Waals surface area contributed by atoms with E-state index >= 15 is 0 Å². The van der Waals surface area contributed by atoms with Gasteiger partial charge in [0.1, 0.15) is 11.8 Å². The average molecular weight is 242 g/mol. The van der Waals surface area contributed by atoms with Crippen LogP contribution in [-0.4, -0.2) is 16.9 Å². The van der Waals surface area contributed by atoms with Crippen LogP contribution in [0.15, 0.2) is 30.5 Å². The number of ether oxygens (including phenoxy) is 1. The summed E-state index contributed by atoms with van der Waals surface area (Å²) in [5.74, 6) is 0.657. The Hall–Kier alpha value is -2.48. The van der Waals surface area contributed by atoms with E-state index in [-0.39, 0.29) is 0 Å². The lowest BCUT2D eigenvalue weighted by Gasteiger charge is -2.11. The molecule has 0 spiro atoms. The van der Waals surface area contributed by atoms with Crippen LogP contribution in [0.3, 0.4) is 0 Å². The van der Waals surface area contributed by atoms with Crippen molar-refractivity contribution in [2.75, 3.05) is 12.4 Å². The van der Waals surface area contributed by atoms with Crippen LogP contribution in [0.2, 0.25) is 0 Å². The molecule has 0 aliphatic heterocycles. The van der Waals surface area contributed by atoms with Crippen LogP contribution in [0, 0.1) is 11.3 Å². The molecule has 0 radical (unpaired) electrons. The van der Waals surface area contributed by atoms with Crippen LogP contribution in [0.5, 0.6) is 5.75 Å². The van der Waals surface area contributed by atoms with Crippen molar-refractivity contribution in [1.82, 2.24) is 9.78 Å². The zero-order valence-electron chi connectivity index (χ0n) is 10.3. The Balaban J connectivity index is 2.20. The molecule has 92 valence electrons. The molecule has 0 bridgehead atoms. The molecule has 2 aromatic rings. The van der Waals surface area contributed by atoms with Gasteiger partial charge in [0.05, 0.1) is 30.6 Å². The van der Waals surface area contributed by atoms with E-state index in [1.165, 1.54) is 0 Å². The van der Waals surface area contributed by atoms with E-state index in [4.69, 9.17) is 10.00 Å². The van der Waals surface area contributed by atoms with Crippen LogP contribution in [0.25, 0.3) is 0 Å². The first-order valence-electron chi connectivity index (χ1n) is 5.54. The normalized spacial score (nSPS) is 9.83. The second-order valence-corrected chi connectivity index (χ2v) is 3.83. The lowest BCUT2D eigenvalue weighted by atomic mass is 10.1. The van der Waals surface area contributed by atoms with E-state index in [0.29, 0.717) is 23.5 Å². The summed E-state index contributed by atoms with van der Waals surface area (Å²) in [6.07, 6.45) is 1.88. The number of anilines is 1. The number of nitrogens with one attached hydrogen (secondary N) is 1. The molecule has 0 saturated carbocycles. The van der Waals surface area contributed by atoms with E-state index in [1.54, 1.807) is 23.9 Å². The second-order valence-electron chi connectivity index (χ2n) is 3.83. The van der Waals surface area contributed by atoms with Gasteiger partial charge >= 0.3 is 0 Å². The van der Waals surface area contributed by atoms with Crippen molar-refractivity contribution in [2.24, 2.45) is 7.05 Å². The maximum atomic E-state index is 9.07. The molecule has 0 aliphatic carbocycles.